The van der Waals surface area contributed by atoms with Gasteiger partial charge in [0.1, 0.15) is 36.6 Å². The molecular formula is C62H108N8O31. The highest BCUT2D eigenvalue weighted by Crippen LogP contribution is 2.18. The first kappa shape index (κ1) is 98.1. The van der Waals surface area contributed by atoms with Crippen LogP contribution in [0.5, 0.6) is 0 Å². The van der Waals surface area contributed by atoms with Crippen molar-refractivity contribution in [2.45, 2.75) is 222 Å². The van der Waals surface area contributed by atoms with Crippen molar-refractivity contribution < 1.29 is 126 Å². The van der Waals surface area contributed by atoms with Crippen molar-refractivity contribution in [3.05, 3.63) is 86.5 Å². The van der Waals surface area contributed by atoms with Gasteiger partial charge in [-0.25, -0.2) is 4.79 Å². The number of carbonyl (C=O) groups is 8. The quantitative estimate of drug-likeness (QED) is 0.0186. The summed E-state index contributed by atoms with van der Waals surface area (Å²) in [5.41, 5.74) is 10.1. The standard InChI is InChI=1S/C19H27NO7.C15H28N2O7.C12H21NO7.C10H20N2O5.C6H12N2O5/c1-19(2,3)27-18(22)13-16(12-15-8-5-4-6-9-15)14-25-17(21)10-7-11-26-20(23)24;1-11(2)9-12(16-14(19)24-15(3,4)5)10-22-13(18)7-6-8-23-17(20)21;1-12(2,3)20-11(15)7-4-8-18-10(14)6-5-9-19-13(16)17;1-8(2)6-9(11)7-16-10(13)4-3-5-17-12(14)15;7-3-5-12-6(9)2-1-4-13-8(10)11/h4-6,8-9,16H,7,10-14H2,1-3H3;11-12H,6-10H2,1-5H3,(H,16,19);4-9H2,1-3H3;8-9H,3-7,11H2,1-2H3;1-5,7H2/t16-;;;;/m1..../s1. The number of ether oxygens (including phenoxy) is 8. The van der Waals surface area contributed by atoms with Crippen molar-refractivity contribution >= 4 is 47.9 Å². The highest BCUT2D eigenvalue weighted by Gasteiger charge is 2.24. The average molecular weight is 1460 g/mol. The molecule has 0 spiro atoms. The minimum absolute atomic E-state index is 0.00861. The molecule has 0 aliphatic carbocycles. The van der Waals surface area contributed by atoms with Crippen LogP contribution in [-0.2, 0) is 102 Å². The summed E-state index contributed by atoms with van der Waals surface area (Å²) in [6, 6.07) is 9.08. The Morgan fingerprint density at radius 2 is 0.752 bits per heavy atom. The molecule has 0 aromatic heterocycles. The molecule has 39 heteroatoms. The van der Waals surface area contributed by atoms with Gasteiger partial charge in [0.25, 0.3) is 25.4 Å². The van der Waals surface area contributed by atoms with E-state index in [1.165, 1.54) is 0 Å². The predicted molar refractivity (Wildman–Crippen MR) is 354 cm³/mol. The predicted octanol–water partition coefficient (Wildman–Crippen LogP) is 7.57. The summed E-state index contributed by atoms with van der Waals surface area (Å²) < 4.78 is 40.4. The fraction of sp³-hybridized carbons (Fsp3) is 0.774. The number of amides is 1. The molecule has 1 rings (SSSR count). The Kier molecular flexibility index (Phi) is 56.8. The molecular weight excluding hydrogens is 1350 g/mol. The zero-order valence-corrected chi connectivity index (χ0v) is 60.4. The Morgan fingerprint density at radius 1 is 0.426 bits per heavy atom. The Bertz CT molecular complexity index is 2550. The largest absolute Gasteiger partial charge is 0.466 e. The van der Waals surface area contributed by atoms with Crippen LogP contribution in [0.4, 0.5) is 4.79 Å². The van der Waals surface area contributed by atoms with E-state index < -0.39 is 78.2 Å². The number of benzene rings is 1. The second kappa shape index (κ2) is 58.5. The van der Waals surface area contributed by atoms with E-state index in [4.69, 9.17) is 44.6 Å². The molecule has 0 saturated heterocycles. The topological polar surface area (TPSA) is 536 Å². The molecule has 1 aromatic rings. The number of nitrogens with zero attached hydrogens (tertiary/aromatic N) is 5. The van der Waals surface area contributed by atoms with E-state index >= 15 is 0 Å². The summed E-state index contributed by atoms with van der Waals surface area (Å²) >= 11 is 0. The second-order valence-corrected chi connectivity index (χ2v) is 25.5. The van der Waals surface area contributed by atoms with Crippen molar-refractivity contribution in [2.24, 2.45) is 29.2 Å². The van der Waals surface area contributed by atoms with Crippen LogP contribution in [-0.4, -0.2) is 175 Å². The summed E-state index contributed by atoms with van der Waals surface area (Å²) in [4.78, 5) is 162. The average Bonchev–Trinajstić information content (AvgIpc) is 0.923. The third-order valence-corrected chi connectivity index (χ3v) is 11.1. The van der Waals surface area contributed by atoms with Gasteiger partial charge in [0.15, 0.2) is 0 Å². The van der Waals surface area contributed by atoms with E-state index in [9.17, 15) is 88.9 Å². The van der Waals surface area contributed by atoms with Gasteiger partial charge in [0.2, 0.25) is 0 Å². The molecule has 0 bridgehead atoms. The molecule has 582 valence electrons. The fourth-order valence-corrected chi connectivity index (χ4v) is 7.35. The third-order valence-electron chi connectivity index (χ3n) is 11.1. The van der Waals surface area contributed by atoms with E-state index in [1.54, 1.807) is 62.3 Å². The van der Waals surface area contributed by atoms with E-state index in [0.717, 1.165) is 12.0 Å². The van der Waals surface area contributed by atoms with E-state index in [0.29, 0.717) is 25.2 Å². The third kappa shape index (κ3) is 79.6. The number of esters is 7. The number of carbonyl (C=O) groups excluding carboxylic acids is 8. The Labute approximate surface area is 587 Å². The summed E-state index contributed by atoms with van der Waals surface area (Å²) in [6.45, 7) is 24.3. The van der Waals surface area contributed by atoms with E-state index in [-0.39, 0.29) is 186 Å². The molecule has 2 unspecified atom stereocenters. The molecule has 0 heterocycles. The molecule has 0 fully saturated rings. The first-order valence-electron chi connectivity index (χ1n) is 32.5. The van der Waals surface area contributed by atoms with Gasteiger partial charge in [0, 0.05) is 57.0 Å². The molecule has 3 atom stereocenters. The number of nitrogens with one attached hydrogen (secondary N) is 1. The fourth-order valence-electron chi connectivity index (χ4n) is 7.35. The molecule has 101 heavy (non-hydrogen) atoms. The molecule has 0 saturated carbocycles. The highest BCUT2D eigenvalue weighted by atomic mass is 17.0. The van der Waals surface area contributed by atoms with Gasteiger partial charge in [-0.3, -0.25) is 33.6 Å². The van der Waals surface area contributed by atoms with Crippen molar-refractivity contribution in [3.63, 3.8) is 0 Å². The minimum atomic E-state index is -0.911. The molecule has 0 aliphatic rings. The maximum Gasteiger partial charge on any atom is 0.407 e. The SMILES string of the molecule is CC(C)(C)OC(=O)CCCOC(=O)CCCO[N+](=O)[O-].CC(C)(C)OC(=O)C[C@H](COC(=O)CCCO[N+](=O)[O-])Cc1ccccc1.CC(C)CC(COC(=O)CCCO[N+](=O)[O-])NC(=O)OC(C)(C)C.CC(C)CC(N)COC(=O)CCCO[N+](=O)[O-].NCCOC(=O)CCCO[N+](=O)[O-]. The summed E-state index contributed by atoms with van der Waals surface area (Å²) in [5.74, 6) is -2.44. The van der Waals surface area contributed by atoms with Gasteiger partial charge >= 0.3 is 47.9 Å². The Morgan fingerprint density at radius 3 is 1.11 bits per heavy atom. The van der Waals surface area contributed by atoms with Crippen molar-refractivity contribution in [3.8, 4) is 0 Å². The number of hydrogen-bond acceptors (Lipinski definition) is 33. The number of alkyl carbamates (subject to hydrolysis) is 1. The second-order valence-electron chi connectivity index (χ2n) is 25.5. The van der Waals surface area contributed by atoms with Crippen LogP contribution in [0.3, 0.4) is 0 Å². The van der Waals surface area contributed by atoms with Gasteiger partial charge < -0.3 is 78.9 Å². The normalized spacial score (nSPS) is 11.6. The molecule has 1 amide bonds. The van der Waals surface area contributed by atoms with Crippen LogP contribution in [0.15, 0.2) is 30.3 Å². The number of nitrogens with two attached hydrogens (primary N) is 2. The van der Waals surface area contributed by atoms with Crippen LogP contribution in [0.25, 0.3) is 0 Å². The Hall–Kier alpha value is -9.30. The summed E-state index contributed by atoms with van der Waals surface area (Å²) in [6.07, 6.45) is 3.49. The molecule has 0 aliphatic heterocycles. The van der Waals surface area contributed by atoms with Crippen LogP contribution in [0.2, 0.25) is 0 Å². The minimum Gasteiger partial charge on any atom is -0.466 e. The monoisotopic (exact) mass is 1460 g/mol. The molecule has 5 N–H and O–H groups in total. The van der Waals surface area contributed by atoms with Crippen LogP contribution in [0.1, 0.15) is 192 Å². The van der Waals surface area contributed by atoms with Gasteiger partial charge in [-0.1, -0.05) is 58.0 Å². The first-order valence-corrected chi connectivity index (χ1v) is 32.5. The lowest BCUT2D eigenvalue weighted by molar-refractivity contribution is -0.757. The van der Waals surface area contributed by atoms with Gasteiger partial charge in [-0.2, -0.15) is 0 Å². The molecule has 39 nitrogen and oxygen atoms in total. The lowest BCUT2D eigenvalue weighted by atomic mass is 9.97. The maximum atomic E-state index is 12.1. The van der Waals surface area contributed by atoms with Crippen molar-refractivity contribution in [1.82, 2.24) is 5.32 Å². The van der Waals surface area contributed by atoms with Gasteiger partial charge in [0.05, 0.1) is 58.7 Å². The maximum absolute atomic E-state index is 12.1. The van der Waals surface area contributed by atoms with Gasteiger partial charge in [-0.15, -0.1) is 50.6 Å². The number of rotatable bonds is 46. The smallest absolute Gasteiger partial charge is 0.407 e. The van der Waals surface area contributed by atoms with Crippen molar-refractivity contribution in [1.29, 1.82) is 0 Å². The summed E-state index contributed by atoms with van der Waals surface area (Å²) in [7, 11) is 0. The van der Waals surface area contributed by atoms with E-state index in [1.807, 2.05) is 58.0 Å². The zero-order chi connectivity index (χ0) is 78.0. The molecule has 1 aromatic carbocycles. The summed E-state index contributed by atoms with van der Waals surface area (Å²) in [5, 5.41) is 47.5. The Balaban J connectivity index is -0.000000594. The van der Waals surface area contributed by atoms with Gasteiger partial charge in [-0.05, 0) is 138 Å². The zero-order valence-electron chi connectivity index (χ0n) is 60.4. The van der Waals surface area contributed by atoms with Crippen LogP contribution >= 0.6 is 0 Å². The highest BCUT2D eigenvalue weighted by molar-refractivity contribution is 5.72. The van der Waals surface area contributed by atoms with Crippen LogP contribution < -0.4 is 16.8 Å². The number of hydrogen-bond donors (Lipinski definition) is 3. The van der Waals surface area contributed by atoms with Crippen molar-refractivity contribution in [2.75, 3.05) is 72.6 Å². The lowest BCUT2D eigenvalue weighted by Gasteiger charge is -2.24. The lowest BCUT2D eigenvalue weighted by Crippen LogP contribution is -2.42. The van der Waals surface area contributed by atoms with E-state index in [2.05, 4.69) is 34.2 Å². The van der Waals surface area contributed by atoms with Crippen LogP contribution in [0, 0.1) is 68.3 Å². The molecule has 0 radical (unpaired) electrons. The first-order chi connectivity index (χ1) is 46.9.